The van der Waals surface area contributed by atoms with Crippen LogP contribution in [0.2, 0.25) is 0 Å². The Bertz CT molecular complexity index is 714. The lowest BCUT2D eigenvalue weighted by atomic mass is 9.97. The van der Waals surface area contributed by atoms with Crippen LogP contribution in [-0.2, 0) is 27.4 Å². The van der Waals surface area contributed by atoms with Crippen LogP contribution >= 0.6 is 0 Å². The molecule has 0 aromatic heterocycles. The number of benzene rings is 2. The molecule has 5 nitrogen and oxygen atoms in total. The minimum atomic E-state index is -0.165. The number of methoxy groups -OCH3 is 1. The average molecular weight is 380 g/mol. The first-order valence-electron chi connectivity index (χ1n) is 9.81. The van der Waals surface area contributed by atoms with Crippen LogP contribution in [0, 0.1) is 5.92 Å². The summed E-state index contributed by atoms with van der Waals surface area (Å²) in [5.41, 5.74) is 2.38. The molecule has 2 aromatic rings. The van der Waals surface area contributed by atoms with Crippen molar-refractivity contribution in [2.24, 2.45) is 5.92 Å². The van der Waals surface area contributed by atoms with Crippen LogP contribution in [0.3, 0.4) is 0 Å². The standard InChI is InChI=1S/C23H28N2O3/c1-28-23(27)21-12-14-25(15-13-21)22(26)18-24(16-19-8-4-2-5-9-19)17-20-10-6-3-7-11-20/h2-11,21H,12-18H2,1H3. The number of piperidine rings is 1. The number of esters is 1. The molecule has 1 amide bonds. The maximum atomic E-state index is 12.9. The number of hydrogen-bond acceptors (Lipinski definition) is 4. The second kappa shape index (κ2) is 10.0. The number of amides is 1. The van der Waals surface area contributed by atoms with Crippen LogP contribution < -0.4 is 0 Å². The second-order valence-electron chi connectivity index (χ2n) is 7.29. The summed E-state index contributed by atoms with van der Waals surface area (Å²) in [6, 6.07) is 20.4. The topological polar surface area (TPSA) is 49.9 Å². The third kappa shape index (κ3) is 5.67. The highest BCUT2D eigenvalue weighted by Gasteiger charge is 2.28. The Morgan fingerprint density at radius 1 is 0.929 bits per heavy atom. The molecule has 1 saturated heterocycles. The first-order valence-corrected chi connectivity index (χ1v) is 9.81. The van der Waals surface area contributed by atoms with Crippen molar-refractivity contribution in [3.63, 3.8) is 0 Å². The lowest BCUT2D eigenvalue weighted by Gasteiger charge is -2.32. The van der Waals surface area contributed by atoms with E-state index in [0.29, 0.717) is 32.5 Å². The predicted molar refractivity (Wildman–Crippen MR) is 108 cm³/mol. The van der Waals surface area contributed by atoms with E-state index < -0.39 is 0 Å². The van der Waals surface area contributed by atoms with Crippen molar-refractivity contribution in [1.29, 1.82) is 0 Å². The van der Waals surface area contributed by atoms with Gasteiger partial charge in [0.05, 0.1) is 19.6 Å². The first kappa shape index (κ1) is 20.1. The van der Waals surface area contributed by atoms with E-state index in [0.717, 1.165) is 13.1 Å². The highest BCUT2D eigenvalue weighted by atomic mass is 16.5. The SMILES string of the molecule is COC(=O)C1CCN(C(=O)CN(Cc2ccccc2)Cc2ccccc2)CC1. The summed E-state index contributed by atoms with van der Waals surface area (Å²) >= 11 is 0. The molecule has 0 aliphatic carbocycles. The largest absolute Gasteiger partial charge is 0.469 e. The van der Waals surface area contributed by atoms with Gasteiger partial charge in [-0.15, -0.1) is 0 Å². The maximum absolute atomic E-state index is 12.9. The van der Waals surface area contributed by atoms with E-state index in [9.17, 15) is 9.59 Å². The predicted octanol–water partition coefficient (Wildman–Crippen LogP) is 3.10. The Hall–Kier alpha value is -2.66. The molecule has 0 radical (unpaired) electrons. The average Bonchev–Trinajstić information content (AvgIpc) is 2.74. The molecule has 1 aliphatic heterocycles. The first-order chi connectivity index (χ1) is 13.7. The molecule has 0 spiro atoms. The molecule has 2 aromatic carbocycles. The molecular formula is C23H28N2O3. The van der Waals surface area contributed by atoms with Crippen molar-refractivity contribution in [1.82, 2.24) is 9.80 Å². The van der Waals surface area contributed by atoms with Gasteiger partial charge >= 0.3 is 5.97 Å². The molecular weight excluding hydrogens is 352 g/mol. The molecule has 0 atom stereocenters. The van der Waals surface area contributed by atoms with Gasteiger partial charge in [0.15, 0.2) is 0 Å². The summed E-state index contributed by atoms with van der Waals surface area (Å²) in [6.07, 6.45) is 1.35. The fourth-order valence-corrected chi connectivity index (χ4v) is 3.67. The minimum absolute atomic E-state index is 0.0845. The van der Waals surface area contributed by atoms with Crippen LogP contribution in [0.25, 0.3) is 0 Å². The van der Waals surface area contributed by atoms with Crippen molar-refractivity contribution in [3.8, 4) is 0 Å². The molecule has 3 rings (SSSR count). The van der Waals surface area contributed by atoms with Gasteiger partial charge in [0, 0.05) is 26.2 Å². The Kier molecular flexibility index (Phi) is 7.20. The molecule has 0 saturated carbocycles. The highest BCUT2D eigenvalue weighted by molar-refractivity contribution is 5.79. The van der Waals surface area contributed by atoms with E-state index in [1.165, 1.54) is 18.2 Å². The van der Waals surface area contributed by atoms with E-state index >= 15 is 0 Å². The molecule has 0 unspecified atom stereocenters. The molecule has 28 heavy (non-hydrogen) atoms. The highest BCUT2D eigenvalue weighted by Crippen LogP contribution is 2.19. The third-order valence-corrected chi connectivity index (χ3v) is 5.24. The molecule has 1 fully saturated rings. The Balaban J connectivity index is 1.62. The van der Waals surface area contributed by atoms with Gasteiger partial charge in [-0.1, -0.05) is 60.7 Å². The van der Waals surface area contributed by atoms with Crippen LogP contribution in [0.15, 0.2) is 60.7 Å². The molecule has 1 aliphatic rings. The Morgan fingerprint density at radius 3 is 1.89 bits per heavy atom. The van der Waals surface area contributed by atoms with Crippen LogP contribution in [0.1, 0.15) is 24.0 Å². The zero-order valence-electron chi connectivity index (χ0n) is 16.4. The van der Waals surface area contributed by atoms with Crippen molar-refractivity contribution < 1.29 is 14.3 Å². The van der Waals surface area contributed by atoms with Crippen LogP contribution in [0.4, 0.5) is 0 Å². The fourth-order valence-electron chi connectivity index (χ4n) is 3.67. The summed E-state index contributed by atoms with van der Waals surface area (Å²) in [5.74, 6) is -0.129. The number of carbonyl (C=O) groups excluding carboxylic acids is 2. The number of hydrogen-bond donors (Lipinski definition) is 0. The molecule has 148 valence electrons. The van der Waals surface area contributed by atoms with E-state index in [2.05, 4.69) is 29.2 Å². The zero-order valence-corrected chi connectivity index (χ0v) is 16.4. The zero-order chi connectivity index (χ0) is 19.8. The quantitative estimate of drug-likeness (QED) is 0.693. The van der Waals surface area contributed by atoms with Crippen LogP contribution in [0.5, 0.6) is 0 Å². The minimum Gasteiger partial charge on any atom is -0.469 e. The summed E-state index contributed by atoms with van der Waals surface area (Å²) in [6.45, 7) is 3.04. The summed E-state index contributed by atoms with van der Waals surface area (Å²) < 4.78 is 4.83. The van der Waals surface area contributed by atoms with Gasteiger partial charge in [0.1, 0.15) is 0 Å². The van der Waals surface area contributed by atoms with E-state index in [-0.39, 0.29) is 17.8 Å². The summed E-state index contributed by atoms with van der Waals surface area (Å²) in [7, 11) is 1.42. The number of nitrogens with zero attached hydrogens (tertiary/aromatic N) is 2. The van der Waals surface area contributed by atoms with Crippen molar-refractivity contribution in [2.45, 2.75) is 25.9 Å². The molecule has 5 heteroatoms. The van der Waals surface area contributed by atoms with Gasteiger partial charge in [-0.05, 0) is 24.0 Å². The molecule has 0 bridgehead atoms. The lowest BCUT2D eigenvalue weighted by molar-refractivity contribution is -0.149. The fraction of sp³-hybridized carbons (Fsp3) is 0.391. The van der Waals surface area contributed by atoms with Gasteiger partial charge in [0.2, 0.25) is 5.91 Å². The van der Waals surface area contributed by atoms with Gasteiger partial charge in [-0.3, -0.25) is 14.5 Å². The van der Waals surface area contributed by atoms with Crippen LogP contribution in [-0.4, -0.2) is 48.4 Å². The van der Waals surface area contributed by atoms with Gasteiger partial charge in [-0.25, -0.2) is 0 Å². The monoisotopic (exact) mass is 380 g/mol. The van der Waals surface area contributed by atoms with Gasteiger partial charge in [0.25, 0.3) is 0 Å². The molecule has 1 heterocycles. The van der Waals surface area contributed by atoms with E-state index in [1.807, 2.05) is 41.3 Å². The number of rotatable bonds is 7. The van der Waals surface area contributed by atoms with E-state index in [1.54, 1.807) is 0 Å². The van der Waals surface area contributed by atoms with Crippen molar-refractivity contribution in [2.75, 3.05) is 26.7 Å². The second-order valence-corrected chi connectivity index (χ2v) is 7.29. The number of likely N-dealkylation sites (tertiary alicyclic amines) is 1. The Morgan fingerprint density at radius 2 is 1.43 bits per heavy atom. The number of carbonyl (C=O) groups is 2. The smallest absolute Gasteiger partial charge is 0.308 e. The normalized spacial score (nSPS) is 14.9. The molecule has 0 N–H and O–H groups in total. The summed E-state index contributed by atoms with van der Waals surface area (Å²) in [5, 5.41) is 0. The summed E-state index contributed by atoms with van der Waals surface area (Å²) in [4.78, 5) is 28.7. The van der Waals surface area contributed by atoms with Crippen molar-refractivity contribution in [3.05, 3.63) is 71.8 Å². The lowest BCUT2D eigenvalue weighted by Crippen LogP contribution is -2.45. The van der Waals surface area contributed by atoms with E-state index in [4.69, 9.17) is 4.74 Å². The van der Waals surface area contributed by atoms with Crippen molar-refractivity contribution >= 4 is 11.9 Å². The van der Waals surface area contributed by atoms with Gasteiger partial charge < -0.3 is 9.64 Å². The third-order valence-electron chi connectivity index (χ3n) is 5.24. The Labute approximate surface area is 166 Å². The van der Waals surface area contributed by atoms with Gasteiger partial charge in [-0.2, -0.15) is 0 Å². The maximum Gasteiger partial charge on any atom is 0.308 e. The number of ether oxygens (including phenoxy) is 1.